The Morgan fingerprint density at radius 3 is 2.45 bits per heavy atom. The van der Waals surface area contributed by atoms with Gasteiger partial charge in [0.05, 0.1) is 6.04 Å². The Morgan fingerprint density at radius 1 is 1.15 bits per heavy atom. The highest BCUT2D eigenvalue weighted by Crippen LogP contribution is 2.25. The SMILES string of the molecule is Cc1ccc2cc(C(/C=C/C(=O)O)N(C)C)ccc2c1. The molecule has 2 aromatic carbocycles. The number of aryl methyl sites for hydroxylation is 1. The van der Waals surface area contributed by atoms with Gasteiger partial charge in [-0.15, -0.1) is 0 Å². The van der Waals surface area contributed by atoms with Gasteiger partial charge in [-0.25, -0.2) is 4.79 Å². The molecule has 0 aliphatic rings. The first kappa shape index (κ1) is 14.3. The second kappa shape index (κ2) is 5.88. The number of rotatable bonds is 4. The quantitative estimate of drug-likeness (QED) is 0.865. The van der Waals surface area contributed by atoms with Crippen molar-refractivity contribution in [1.29, 1.82) is 0 Å². The second-order valence-electron chi connectivity index (χ2n) is 5.22. The van der Waals surface area contributed by atoms with Crippen molar-refractivity contribution >= 4 is 16.7 Å². The molecule has 104 valence electrons. The summed E-state index contributed by atoms with van der Waals surface area (Å²) in [6.07, 6.45) is 2.90. The molecule has 0 fully saturated rings. The fourth-order valence-corrected chi connectivity index (χ4v) is 2.32. The summed E-state index contributed by atoms with van der Waals surface area (Å²) in [5.74, 6) is -0.923. The average molecular weight is 269 g/mol. The summed E-state index contributed by atoms with van der Waals surface area (Å²) in [7, 11) is 3.88. The lowest BCUT2D eigenvalue weighted by Gasteiger charge is -2.21. The third-order valence-corrected chi connectivity index (χ3v) is 3.34. The molecule has 0 saturated carbocycles. The summed E-state index contributed by atoms with van der Waals surface area (Å²) < 4.78 is 0. The van der Waals surface area contributed by atoms with Crippen molar-refractivity contribution in [3.8, 4) is 0 Å². The topological polar surface area (TPSA) is 40.5 Å². The van der Waals surface area contributed by atoms with Crippen LogP contribution in [0.3, 0.4) is 0 Å². The molecule has 0 aliphatic heterocycles. The van der Waals surface area contributed by atoms with Crippen LogP contribution in [0.1, 0.15) is 17.2 Å². The minimum Gasteiger partial charge on any atom is -0.478 e. The van der Waals surface area contributed by atoms with E-state index >= 15 is 0 Å². The zero-order valence-corrected chi connectivity index (χ0v) is 12.0. The first-order valence-corrected chi connectivity index (χ1v) is 6.55. The van der Waals surface area contributed by atoms with E-state index in [4.69, 9.17) is 5.11 Å². The summed E-state index contributed by atoms with van der Waals surface area (Å²) in [6.45, 7) is 2.07. The van der Waals surface area contributed by atoms with Crippen molar-refractivity contribution in [2.75, 3.05) is 14.1 Å². The van der Waals surface area contributed by atoms with Gasteiger partial charge in [0, 0.05) is 6.08 Å². The summed E-state index contributed by atoms with van der Waals surface area (Å²) in [6, 6.07) is 12.5. The molecule has 2 aromatic rings. The molecule has 0 bridgehead atoms. The molecule has 20 heavy (non-hydrogen) atoms. The highest BCUT2D eigenvalue weighted by molar-refractivity contribution is 5.84. The predicted molar refractivity (Wildman–Crippen MR) is 81.9 cm³/mol. The van der Waals surface area contributed by atoms with Crippen molar-refractivity contribution in [2.45, 2.75) is 13.0 Å². The number of nitrogens with zero attached hydrogens (tertiary/aromatic N) is 1. The Kier molecular flexibility index (Phi) is 4.20. The minimum atomic E-state index is -0.923. The van der Waals surface area contributed by atoms with Crippen molar-refractivity contribution in [3.05, 3.63) is 59.7 Å². The molecule has 0 radical (unpaired) electrons. The molecule has 0 heterocycles. The molecule has 0 spiro atoms. The molecule has 0 aliphatic carbocycles. The van der Waals surface area contributed by atoms with Crippen LogP contribution in [0, 0.1) is 6.92 Å². The van der Waals surface area contributed by atoms with E-state index in [1.807, 2.05) is 19.0 Å². The maximum Gasteiger partial charge on any atom is 0.328 e. The van der Waals surface area contributed by atoms with Gasteiger partial charge in [0.1, 0.15) is 0 Å². The first-order chi connectivity index (χ1) is 9.47. The highest BCUT2D eigenvalue weighted by Gasteiger charge is 2.11. The average Bonchev–Trinajstić information content (AvgIpc) is 2.38. The Balaban J connectivity index is 2.43. The third-order valence-electron chi connectivity index (χ3n) is 3.34. The van der Waals surface area contributed by atoms with E-state index in [2.05, 4.69) is 43.3 Å². The number of hydrogen-bond acceptors (Lipinski definition) is 2. The summed E-state index contributed by atoms with van der Waals surface area (Å²) >= 11 is 0. The number of aliphatic carboxylic acids is 1. The molecule has 2 rings (SSSR count). The van der Waals surface area contributed by atoms with Gasteiger partial charge in [-0.3, -0.25) is 4.90 Å². The van der Waals surface area contributed by atoms with Crippen molar-refractivity contribution in [1.82, 2.24) is 4.90 Å². The van der Waals surface area contributed by atoms with E-state index in [-0.39, 0.29) is 6.04 Å². The van der Waals surface area contributed by atoms with Crippen LogP contribution in [0.5, 0.6) is 0 Å². The molecular formula is C17H19NO2. The molecule has 0 amide bonds. The number of carboxylic acids is 1. The van der Waals surface area contributed by atoms with Crippen LogP contribution in [0.15, 0.2) is 48.6 Å². The van der Waals surface area contributed by atoms with Crippen LogP contribution >= 0.6 is 0 Å². The van der Waals surface area contributed by atoms with E-state index in [0.29, 0.717) is 0 Å². The minimum absolute atomic E-state index is 0.0446. The molecule has 3 heteroatoms. The molecule has 3 nitrogen and oxygen atoms in total. The molecule has 0 aromatic heterocycles. The lowest BCUT2D eigenvalue weighted by molar-refractivity contribution is -0.131. The van der Waals surface area contributed by atoms with Crippen molar-refractivity contribution < 1.29 is 9.90 Å². The Morgan fingerprint density at radius 2 is 1.80 bits per heavy atom. The lowest BCUT2D eigenvalue weighted by Crippen LogP contribution is -2.18. The number of carbonyl (C=O) groups is 1. The smallest absolute Gasteiger partial charge is 0.328 e. The fourth-order valence-electron chi connectivity index (χ4n) is 2.32. The number of fused-ring (bicyclic) bond motifs is 1. The summed E-state index contributed by atoms with van der Waals surface area (Å²) in [4.78, 5) is 12.7. The molecule has 1 N–H and O–H groups in total. The van der Waals surface area contributed by atoms with Gasteiger partial charge in [-0.05, 0) is 43.4 Å². The van der Waals surface area contributed by atoms with Crippen LogP contribution < -0.4 is 0 Å². The van der Waals surface area contributed by atoms with Gasteiger partial charge >= 0.3 is 5.97 Å². The Labute approximate surface area is 119 Å². The second-order valence-corrected chi connectivity index (χ2v) is 5.22. The molecule has 1 atom stereocenters. The van der Waals surface area contributed by atoms with Crippen LogP contribution in [0.4, 0.5) is 0 Å². The van der Waals surface area contributed by atoms with E-state index in [9.17, 15) is 4.79 Å². The molecule has 1 unspecified atom stereocenters. The summed E-state index contributed by atoms with van der Waals surface area (Å²) in [5, 5.41) is 11.2. The van der Waals surface area contributed by atoms with Gasteiger partial charge in [0.2, 0.25) is 0 Å². The predicted octanol–water partition coefficient (Wildman–Crippen LogP) is 3.39. The number of hydrogen-bond donors (Lipinski definition) is 1. The zero-order valence-electron chi connectivity index (χ0n) is 12.0. The van der Waals surface area contributed by atoms with E-state index in [1.165, 1.54) is 22.4 Å². The van der Waals surface area contributed by atoms with Gasteiger partial charge in [0.15, 0.2) is 0 Å². The van der Waals surface area contributed by atoms with E-state index < -0.39 is 5.97 Å². The van der Waals surface area contributed by atoms with Gasteiger partial charge < -0.3 is 5.11 Å². The third kappa shape index (κ3) is 3.25. The maximum atomic E-state index is 10.7. The summed E-state index contributed by atoms with van der Waals surface area (Å²) in [5.41, 5.74) is 2.32. The largest absolute Gasteiger partial charge is 0.478 e. The Bertz CT molecular complexity index is 659. The van der Waals surface area contributed by atoms with Crippen LogP contribution in [-0.2, 0) is 4.79 Å². The Hall–Kier alpha value is -2.13. The maximum absolute atomic E-state index is 10.7. The number of benzene rings is 2. The molecule has 0 saturated heterocycles. The first-order valence-electron chi connectivity index (χ1n) is 6.55. The van der Waals surface area contributed by atoms with E-state index in [1.54, 1.807) is 6.08 Å². The standard InChI is InChI=1S/C17H19NO2/c1-12-4-5-14-11-15(7-6-13(14)10-12)16(18(2)3)8-9-17(19)20/h4-11,16H,1-3H3,(H,19,20)/b9-8+. The van der Waals surface area contributed by atoms with Gasteiger partial charge in [0.25, 0.3) is 0 Å². The zero-order chi connectivity index (χ0) is 14.7. The van der Waals surface area contributed by atoms with Crippen LogP contribution in [0.25, 0.3) is 10.8 Å². The van der Waals surface area contributed by atoms with Crippen molar-refractivity contribution in [3.63, 3.8) is 0 Å². The van der Waals surface area contributed by atoms with E-state index in [0.717, 1.165) is 5.56 Å². The molecular weight excluding hydrogens is 250 g/mol. The van der Waals surface area contributed by atoms with Crippen molar-refractivity contribution in [2.24, 2.45) is 0 Å². The monoisotopic (exact) mass is 269 g/mol. The van der Waals surface area contributed by atoms with Crippen LogP contribution in [0.2, 0.25) is 0 Å². The van der Waals surface area contributed by atoms with Gasteiger partial charge in [-0.2, -0.15) is 0 Å². The van der Waals surface area contributed by atoms with Crippen LogP contribution in [-0.4, -0.2) is 30.1 Å². The lowest BCUT2D eigenvalue weighted by atomic mass is 10.00. The van der Waals surface area contributed by atoms with Gasteiger partial charge in [-0.1, -0.05) is 42.0 Å². The number of likely N-dealkylation sites (N-methyl/N-ethyl adjacent to an activating group) is 1. The normalized spacial score (nSPS) is 13.2. The highest BCUT2D eigenvalue weighted by atomic mass is 16.4. The number of carboxylic acid groups (broad SMARTS) is 1. The fraction of sp³-hybridized carbons (Fsp3) is 0.235.